The van der Waals surface area contributed by atoms with Crippen molar-refractivity contribution < 1.29 is 9.90 Å². The number of nitrogens with one attached hydrogen (secondary N) is 1. The smallest absolute Gasteiger partial charge is 0.305 e. The number of H-pyrrole nitrogens is 1. The first-order valence-electron chi connectivity index (χ1n) is 6.59. The van der Waals surface area contributed by atoms with Gasteiger partial charge in [-0.15, -0.1) is 5.10 Å². The zero-order chi connectivity index (χ0) is 15.6. The van der Waals surface area contributed by atoms with E-state index in [1.54, 1.807) is 6.92 Å². The molecule has 112 valence electrons. The zero-order valence-corrected chi connectivity index (χ0v) is 12.1. The predicted octanol–water partition coefficient (Wildman–Crippen LogP) is 1.01. The lowest BCUT2D eigenvalue weighted by Gasteiger charge is -2.19. The Morgan fingerprint density at radius 3 is 2.76 bits per heavy atom. The fourth-order valence-electron chi connectivity index (χ4n) is 2.13. The Balaban J connectivity index is 2.50. The van der Waals surface area contributed by atoms with Crippen LogP contribution in [0.2, 0.25) is 0 Å². The molecule has 2 heterocycles. The minimum Gasteiger partial charge on any atom is -0.481 e. The van der Waals surface area contributed by atoms with Crippen molar-refractivity contribution in [1.29, 1.82) is 0 Å². The third-order valence-electron chi connectivity index (χ3n) is 3.26. The van der Waals surface area contributed by atoms with E-state index in [1.807, 2.05) is 13.8 Å². The van der Waals surface area contributed by atoms with Gasteiger partial charge in [0.15, 0.2) is 11.3 Å². The summed E-state index contributed by atoms with van der Waals surface area (Å²) in [4.78, 5) is 26.0. The molecule has 0 amide bonds. The van der Waals surface area contributed by atoms with Crippen LogP contribution in [0.15, 0.2) is 17.1 Å². The molecule has 0 saturated heterocycles. The molecule has 0 spiro atoms. The van der Waals surface area contributed by atoms with Crippen molar-refractivity contribution in [3.63, 3.8) is 0 Å². The van der Waals surface area contributed by atoms with Gasteiger partial charge in [-0.25, -0.2) is 4.68 Å². The fourth-order valence-corrected chi connectivity index (χ4v) is 2.13. The van der Waals surface area contributed by atoms with Gasteiger partial charge in [0.1, 0.15) is 0 Å². The Hall–Kier alpha value is -2.51. The molecule has 0 radical (unpaired) electrons. The standard InChI is InChI=1S/C13H17N5O3/c1-7(2)10(5-12(20)21)18-13(15-16-17-18)9-6-14-8(3)4-11(9)19/h4,6-7,10H,5H2,1-3H3,(H,14,19)(H,20,21). The number of rotatable bonds is 5. The van der Waals surface area contributed by atoms with Crippen LogP contribution in [-0.4, -0.2) is 36.3 Å². The van der Waals surface area contributed by atoms with E-state index in [0.717, 1.165) is 5.69 Å². The Kier molecular flexibility index (Phi) is 4.15. The molecule has 0 aliphatic heterocycles. The third kappa shape index (κ3) is 3.15. The number of carboxylic acid groups (broad SMARTS) is 1. The molecule has 0 fully saturated rings. The highest BCUT2D eigenvalue weighted by molar-refractivity contribution is 5.67. The number of hydrogen-bond donors (Lipinski definition) is 2. The molecule has 1 unspecified atom stereocenters. The van der Waals surface area contributed by atoms with E-state index in [9.17, 15) is 9.59 Å². The molecule has 2 aromatic rings. The number of carbonyl (C=O) groups is 1. The van der Waals surface area contributed by atoms with Gasteiger partial charge in [0, 0.05) is 18.0 Å². The minimum atomic E-state index is -0.937. The second-order valence-corrected chi connectivity index (χ2v) is 5.25. The molecule has 21 heavy (non-hydrogen) atoms. The molecule has 0 bridgehead atoms. The average molecular weight is 291 g/mol. The van der Waals surface area contributed by atoms with Crippen LogP contribution in [0.4, 0.5) is 0 Å². The number of hydrogen-bond acceptors (Lipinski definition) is 5. The second kappa shape index (κ2) is 5.86. The molecule has 8 nitrogen and oxygen atoms in total. The summed E-state index contributed by atoms with van der Waals surface area (Å²) in [5.74, 6) is -0.656. The van der Waals surface area contributed by atoms with Crippen LogP contribution in [-0.2, 0) is 4.79 Å². The molecule has 8 heteroatoms. The summed E-state index contributed by atoms with van der Waals surface area (Å²) < 4.78 is 1.42. The Morgan fingerprint density at radius 2 is 2.19 bits per heavy atom. The topological polar surface area (TPSA) is 114 Å². The van der Waals surface area contributed by atoms with Crippen LogP contribution in [0.3, 0.4) is 0 Å². The summed E-state index contributed by atoms with van der Waals surface area (Å²) in [6.45, 7) is 5.55. The molecule has 0 saturated carbocycles. The fraction of sp³-hybridized carbons (Fsp3) is 0.462. The van der Waals surface area contributed by atoms with Gasteiger partial charge in [0.05, 0.1) is 18.0 Å². The van der Waals surface area contributed by atoms with E-state index in [4.69, 9.17) is 5.11 Å². The maximum absolute atomic E-state index is 12.1. The van der Waals surface area contributed by atoms with Crippen molar-refractivity contribution in [3.05, 3.63) is 28.2 Å². The van der Waals surface area contributed by atoms with Gasteiger partial charge in [-0.2, -0.15) is 0 Å². The molecular weight excluding hydrogens is 274 g/mol. The quantitative estimate of drug-likeness (QED) is 0.849. The highest BCUT2D eigenvalue weighted by Crippen LogP contribution is 2.24. The lowest BCUT2D eigenvalue weighted by molar-refractivity contribution is -0.138. The summed E-state index contributed by atoms with van der Waals surface area (Å²) >= 11 is 0. The summed E-state index contributed by atoms with van der Waals surface area (Å²) in [6.07, 6.45) is 1.43. The van der Waals surface area contributed by atoms with Crippen LogP contribution in [0, 0.1) is 12.8 Å². The first-order valence-corrected chi connectivity index (χ1v) is 6.59. The number of aryl methyl sites for hydroxylation is 1. The Labute approximate surface area is 120 Å². The van der Waals surface area contributed by atoms with Crippen LogP contribution in [0.1, 0.15) is 32.0 Å². The monoisotopic (exact) mass is 291 g/mol. The van der Waals surface area contributed by atoms with Gasteiger partial charge in [0.25, 0.3) is 0 Å². The molecule has 1 atom stereocenters. The second-order valence-electron chi connectivity index (χ2n) is 5.25. The lowest BCUT2D eigenvalue weighted by Crippen LogP contribution is -2.22. The first-order chi connectivity index (χ1) is 9.90. The van der Waals surface area contributed by atoms with Gasteiger partial charge in [-0.1, -0.05) is 13.8 Å². The number of tetrazole rings is 1. The van der Waals surface area contributed by atoms with Gasteiger partial charge in [-0.3, -0.25) is 9.59 Å². The molecule has 0 aromatic carbocycles. The summed E-state index contributed by atoms with van der Waals surface area (Å²) in [5.41, 5.74) is 0.843. The SMILES string of the molecule is Cc1cc(=O)c(-c2nnnn2C(CC(=O)O)C(C)C)c[nH]1. The molecule has 0 aliphatic rings. The molecule has 0 aliphatic carbocycles. The van der Waals surface area contributed by atoms with E-state index in [2.05, 4.69) is 20.5 Å². The van der Waals surface area contributed by atoms with E-state index in [0.29, 0.717) is 5.56 Å². The van der Waals surface area contributed by atoms with Crippen molar-refractivity contribution in [3.8, 4) is 11.4 Å². The van der Waals surface area contributed by atoms with E-state index in [-0.39, 0.29) is 23.6 Å². The summed E-state index contributed by atoms with van der Waals surface area (Å²) in [5, 5.41) is 20.4. The average Bonchev–Trinajstić information content (AvgIpc) is 2.84. The number of aromatic nitrogens is 5. The van der Waals surface area contributed by atoms with Gasteiger partial charge in [-0.05, 0) is 23.3 Å². The minimum absolute atomic E-state index is 0.00730. The lowest BCUT2D eigenvalue weighted by atomic mass is 10.0. The van der Waals surface area contributed by atoms with Crippen molar-refractivity contribution in [2.24, 2.45) is 5.92 Å². The molecule has 2 aromatic heterocycles. The number of aliphatic carboxylic acids is 1. The maximum atomic E-state index is 12.1. The predicted molar refractivity (Wildman–Crippen MR) is 74.7 cm³/mol. The van der Waals surface area contributed by atoms with E-state index < -0.39 is 12.0 Å². The number of carboxylic acids is 1. The van der Waals surface area contributed by atoms with Crippen LogP contribution < -0.4 is 5.43 Å². The molecule has 2 N–H and O–H groups in total. The van der Waals surface area contributed by atoms with Crippen LogP contribution in [0.25, 0.3) is 11.4 Å². The van der Waals surface area contributed by atoms with Crippen molar-refractivity contribution >= 4 is 5.97 Å². The largest absolute Gasteiger partial charge is 0.481 e. The van der Waals surface area contributed by atoms with Crippen molar-refractivity contribution in [2.45, 2.75) is 33.2 Å². The maximum Gasteiger partial charge on any atom is 0.305 e. The summed E-state index contributed by atoms with van der Waals surface area (Å²) in [6, 6.07) is 1.03. The first kappa shape index (κ1) is 14.9. The highest BCUT2D eigenvalue weighted by atomic mass is 16.4. The van der Waals surface area contributed by atoms with Crippen molar-refractivity contribution in [2.75, 3.05) is 0 Å². The number of pyridine rings is 1. The zero-order valence-electron chi connectivity index (χ0n) is 12.1. The normalized spacial score (nSPS) is 12.6. The number of aromatic amines is 1. The number of nitrogens with zero attached hydrogens (tertiary/aromatic N) is 4. The third-order valence-corrected chi connectivity index (χ3v) is 3.26. The molecule has 2 rings (SSSR count). The highest BCUT2D eigenvalue weighted by Gasteiger charge is 2.25. The van der Waals surface area contributed by atoms with Crippen LogP contribution in [0.5, 0.6) is 0 Å². The van der Waals surface area contributed by atoms with Gasteiger partial charge < -0.3 is 10.1 Å². The Bertz CT molecular complexity index is 704. The van der Waals surface area contributed by atoms with Crippen molar-refractivity contribution in [1.82, 2.24) is 25.2 Å². The van der Waals surface area contributed by atoms with E-state index >= 15 is 0 Å². The Morgan fingerprint density at radius 1 is 1.48 bits per heavy atom. The molecular formula is C13H17N5O3. The van der Waals surface area contributed by atoms with E-state index in [1.165, 1.54) is 16.9 Å². The van der Waals surface area contributed by atoms with Crippen LogP contribution >= 0.6 is 0 Å². The van der Waals surface area contributed by atoms with Gasteiger partial charge in [0.2, 0.25) is 0 Å². The summed E-state index contributed by atoms with van der Waals surface area (Å²) in [7, 11) is 0. The van der Waals surface area contributed by atoms with Gasteiger partial charge >= 0.3 is 5.97 Å².